The molecule has 6 nitrogen and oxygen atoms in total. The van der Waals surface area contributed by atoms with E-state index >= 15 is 0 Å². The summed E-state index contributed by atoms with van der Waals surface area (Å²) >= 11 is 0. The smallest absolute Gasteiger partial charge is 0.306 e. The lowest BCUT2D eigenvalue weighted by Crippen LogP contribution is -2.30. The molecule has 6 heteroatoms. The standard InChI is InChI=1S/C57H88O6/c1-4-7-10-13-16-19-22-25-27-28-30-32-35-38-41-44-47-50-56(59)62-53-54(52-61-55(58)49-46-43-40-37-34-31-24-21-18-15-12-9-6-3)63-57(60)51-48-45-42-39-36-33-29-26-23-20-17-14-11-8-5-2/h7,9-10,12-13,15-16,18-25,27-28,30-32,34-35,54H,4-6,8,11,14,17,26,29,33,36-53H2,1-3H3/b10-7-,12-9-,16-13-,18-15-,22-19-,23-20-,24-21-,27-25-,30-28+,34-31-,35-32-. The largest absolute Gasteiger partial charge is 0.462 e. The zero-order valence-electron chi connectivity index (χ0n) is 40.0. The van der Waals surface area contributed by atoms with Gasteiger partial charge in [0.15, 0.2) is 6.10 Å². The summed E-state index contributed by atoms with van der Waals surface area (Å²) in [6, 6.07) is 0. The minimum Gasteiger partial charge on any atom is -0.462 e. The van der Waals surface area contributed by atoms with Gasteiger partial charge in [0.1, 0.15) is 13.2 Å². The Morgan fingerprint density at radius 2 is 0.635 bits per heavy atom. The lowest BCUT2D eigenvalue weighted by atomic mass is 10.1. The Hall–Kier alpha value is -4.45. The van der Waals surface area contributed by atoms with Crippen molar-refractivity contribution in [1.29, 1.82) is 0 Å². The van der Waals surface area contributed by atoms with Crippen molar-refractivity contribution in [2.45, 2.75) is 194 Å². The SMILES string of the molecule is CC\C=C/C=C\C=C/C=C\C=C\C=C/CCCCCC(=O)OCC(COC(=O)CCCCC\C=C/C=C\C=C/C=C\CC)OC(=O)CCCCCCCCC/C=C\CCCCCC. The summed E-state index contributed by atoms with van der Waals surface area (Å²) in [4.78, 5) is 37.9. The summed E-state index contributed by atoms with van der Waals surface area (Å²) in [6.45, 7) is 6.23. The number of esters is 3. The highest BCUT2D eigenvalue weighted by Crippen LogP contribution is 2.13. The molecule has 0 N–H and O–H groups in total. The number of ether oxygens (including phenoxy) is 3. The van der Waals surface area contributed by atoms with Gasteiger partial charge in [-0.25, -0.2) is 0 Å². The van der Waals surface area contributed by atoms with Crippen molar-refractivity contribution in [1.82, 2.24) is 0 Å². The first kappa shape index (κ1) is 58.6. The third kappa shape index (κ3) is 48.4. The molecule has 1 atom stereocenters. The molecule has 0 radical (unpaired) electrons. The van der Waals surface area contributed by atoms with Crippen LogP contribution < -0.4 is 0 Å². The molecule has 63 heavy (non-hydrogen) atoms. The van der Waals surface area contributed by atoms with Crippen LogP contribution in [0.4, 0.5) is 0 Å². The second-order valence-corrected chi connectivity index (χ2v) is 15.8. The average molecular weight is 869 g/mol. The fourth-order valence-corrected chi connectivity index (χ4v) is 6.18. The zero-order valence-corrected chi connectivity index (χ0v) is 40.0. The van der Waals surface area contributed by atoms with Crippen LogP contribution in [-0.4, -0.2) is 37.2 Å². The first-order valence-corrected chi connectivity index (χ1v) is 24.8. The van der Waals surface area contributed by atoms with Gasteiger partial charge in [0.05, 0.1) is 0 Å². The molecule has 0 saturated carbocycles. The van der Waals surface area contributed by atoms with Crippen LogP contribution in [0.2, 0.25) is 0 Å². The Morgan fingerprint density at radius 3 is 1.03 bits per heavy atom. The monoisotopic (exact) mass is 869 g/mol. The normalized spacial score (nSPS) is 13.3. The second kappa shape index (κ2) is 50.2. The van der Waals surface area contributed by atoms with Crippen molar-refractivity contribution in [3.05, 3.63) is 134 Å². The molecule has 0 bridgehead atoms. The van der Waals surface area contributed by atoms with E-state index < -0.39 is 6.10 Å². The van der Waals surface area contributed by atoms with E-state index in [1.807, 2.05) is 97.2 Å². The molecule has 0 spiro atoms. The fourth-order valence-electron chi connectivity index (χ4n) is 6.18. The summed E-state index contributed by atoms with van der Waals surface area (Å²) in [5.74, 6) is -1.02. The number of rotatable bonds is 42. The van der Waals surface area contributed by atoms with Crippen molar-refractivity contribution >= 4 is 17.9 Å². The third-order valence-electron chi connectivity index (χ3n) is 9.88. The lowest BCUT2D eigenvalue weighted by molar-refractivity contribution is -0.167. The summed E-state index contributed by atoms with van der Waals surface area (Å²) < 4.78 is 16.7. The number of hydrogen-bond donors (Lipinski definition) is 0. The summed E-state index contributed by atoms with van der Waals surface area (Å²) in [5.41, 5.74) is 0. The molecule has 0 saturated heterocycles. The maximum Gasteiger partial charge on any atom is 0.306 e. The molecular weight excluding hydrogens is 781 g/mol. The topological polar surface area (TPSA) is 78.9 Å². The van der Waals surface area contributed by atoms with E-state index in [-0.39, 0.29) is 31.1 Å². The molecule has 0 aromatic carbocycles. The van der Waals surface area contributed by atoms with Crippen LogP contribution in [-0.2, 0) is 28.6 Å². The van der Waals surface area contributed by atoms with E-state index in [2.05, 4.69) is 57.2 Å². The van der Waals surface area contributed by atoms with Crippen LogP contribution in [0.5, 0.6) is 0 Å². The Bertz CT molecular complexity index is 1420. The number of carbonyl (C=O) groups is 3. The van der Waals surface area contributed by atoms with Crippen LogP contribution in [0.3, 0.4) is 0 Å². The quantitative estimate of drug-likeness (QED) is 0.0200. The summed E-state index contributed by atoms with van der Waals surface area (Å²) in [5, 5.41) is 0. The van der Waals surface area contributed by atoms with Gasteiger partial charge in [0.25, 0.3) is 0 Å². The summed E-state index contributed by atoms with van der Waals surface area (Å²) in [7, 11) is 0. The highest BCUT2D eigenvalue weighted by atomic mass is 16.6. The predicted octanol–water partition coefficient (Wildman–Crippen LogP) is 16.3. The Balaban J connectivity index is 4.57. The van der Waals surface area contributed by atoms with Crippen LogP contribution in [0.25, 0.3) is 0 Å². The maximum absolute atomic E-state index is 12.8. The molecule has 0 rings (SSSR count). The molecule has 0 fully saturated rings. The molecule has 0 amide bonds. The molecular formula is C57H88O6. The first-order chi connectivity index (χ1) is 31.0. The van der Waals surface area contributed by atoms with E-state index in [1.165, 1.54) is 64.2 Å². The van der Waals surface area contributed by atoms with E-state index in [1.54, 1.807) is 0 Å². The number of allylic oxidation sites excluding steroid dienone is 22. The second-order valence-electron chi connectivity index (χ2n) is 15.8. The van der Waals surface area contributed by atoms with Crippen molar-refractivity contribution in [2.75, 3.05) is 13.2 Å². The third-order valence-corrected chi connectivity index (χ3v) is 9.88. The minimum absolute atomic E-state index is 0.120. The summed E-state index contributed by atoms with van der Waals surface area (Å²) in [6.07, 6.45) is 70.0. The van der Waals surface area contributed by atoms with Crippen molar-refractivity contribution in [3.63, 3.8) is 0 Å². The average Bonchev–Trinajstić information content (AvgIpc) is 3.28. The number of hydrogen-bond acceptors (Lipinski definition) is 6. The minimum atomic E-state index is -0.819. The van der Waals surface area contributed by atoms with E-state index in [0.29, 0.717) is 19.3 Å². The Kier molecular flexibility index (Phi) is 46.7. The molecule has 0 aliphatic carbocycles. The molecule has 352 valence electrons. The Labute approximate surface area is 385 Å². The van der Waals surface area contributed by atoms with Gasteiger partial charge in [-0.2, -0.15) is 0 Å². The molecule has 0 heterocycles. The molecule has 0 aromatic heterocycles. The molecule has 1 unspecified atom stereocenters. The van der Waals surface area contributed by atoms with E-state index in [4.69, 9.17) is 14.2 Å². The highest BCUT2D eigenvalue weighted by Gasteiger charge is 2.19. The van der Waals surface area contributed by atoms with Gasteiger partial charge in [-0.15, -0.1) is 0 Å². The number of carbonyl (C=O) groups excluding carboxylic acids is 3. The van der Waals surface area contributed by atoms with Gasteiger partial charge in [-0.05, 0) is 83.5 Å². The van der Waals surface area contributed by atoms with Gasteiger partial charge in [-0.3, -0.25) is 14.4 Å². The zero-order chi connectivity index (χ0) is 45.8. The van der Waals surface area contributed by atoms with Crippen LogP contribution in [0, 0.1) is 0 Å². The lowest BCUT2D eigenvalue weighted by Gasteiger charge is -2.18. The van der Waals surface area contributed by atoms with Gasteiger partial charge in [0, 0.05) is 19.3 Å². The van der Waals surface area contributed by atoms with Crippen LogP contribution in [0.15, 0.2) is 134 Å². The van der Waals surface area contributed by atoms with Gasteiger partial charge < -0.3 is 14.2 Å². The van der Waals surface area contributed by atoms with Crippen LogP contribution >= 0.6 is 0 Å². The van der Waals surface area contributed by atoms with Gasteiger partial charge in [-0.1, -0.05) is 219 Å². The highest BCUT2D eigenvalue weighted by molar-refractivity contribution is 5.71. The van der Waals surface area contributed by atoms with E-state index in [9.17, 15) is 14.4 Å². The van der Waals surface area contributed by atoms with E-state index in [0.717, 1.165) is 83.5 Å². The van der Waals surface area contributed by atoms with Gasteiger partial charge in [0.2, 0.25) is 0 Å². The van der Waals surface area contributed by atoms with Crippen molar-refractivity contribution in [2.24, 2.45) is 0 Å². The fraction of sp³-hybridized carbons (Fsp3) is 0.561. The first-order valence-electron chi connectivity index (χ1n) is 24.8. The number of unbranched alkanes of at least 4 members (excludes halogenated alkanes) is 17. The predicted molar refractivity (Wildman–Crippen MR) is 269 cm³/mol. The molecule has 0 aromatic rings. The maximum atomic E-state index is 12.8. The molecule has 0 aliphatic heterocycles. The van der Waals surface area contributed by atoms with Crippen molar-refractivity contribution < 1.29 is 28.6 Å². The van der Waals surface area contributed by atoms with Crippen molar-refractivity contribution in [3.8, 4) is 0 Å². The molecule has 0 aliphatic rings. The van der Waals surface area contributed by atoms with Crippen LogP contribution in [0.1, 0.15) is 188 Å². The Morgan fingerprint density at radius 1 is 0.333 bits per heavy atom. The van der Waals surface area contributed by atoms with Gasteiger partial charge >= 0.3 is 17.9 Å².